The van der Waals surface area contributed by atoms with Crippen molar-refractivity contribution in [1.29, 1.82) is 0 Å². The summed E-state index contributed by atoms with van der Waals surface area (Å²) in [7, 11) is 2.08. The van der Waals surface area contributed by atoms with Crippen LogP contribution in [0.4, 0.5) is 5.69 Å². The van der Waals surface area contributed by atoms with E-state index in [0.29, 0.717) is 24.0 Å². The van der Waals surface area contributed by atoms with Gasteiger partial charge in [0.1, 0.15) is 5.69 Å². The Hall–Kier alpha value is -1.56. The summed E-state index contributed by atoms with van der Waals surface area (Å²) in [6.45, 7) is 1.49. The van der Waals surface area contributed by atoms with Gasteiger partial charge in [0.25, 0.3) is 5.91 Å². The molecule has 0 aliphatic heterocycles. The monoisotopic (exact) mass is 223 g/mol. The second-order valence-corrected chi connectivity index (χ2v) is 4.17. The maximum absolute atomic E-state index is 11.6. The molecule has 0 saturated heterocycles. The van der Waals surface area contributed by atoms with Crippen molar-refractivity contribution in [1.82, 2.24) is 20.4 Å². The van der Waals surface area contributed by atoms with Crippen LogP contribution in [0, 0.1) is 0 Å². The lowest BCUT2D eigenvalue weighted by Crippen LogP contribution is -2.34. The number of nitrogen functional groups attached to an aromatic ring is 1. The number of H-pyrrole nitrogens is 1. The molecule has 1 aliphatic rings. The van der Waals surface area contributed by atoms with Crippen LogP contribution in [0.5, 0.6) is 0 Å². The first-order valence-electron chi connectivity index (χ1n) is 5.45. The Kier molecular flexibility index (Phi) is 3.09. The summed E-state index contributed by atoms with van der Waals surface area (Å²) in [5, 5.41) is 9.09. The van der Waals surface area contributed by atoms with Gasteiger partial charge in [0, 0.05) is 19.1 Å². The molecule has 1 fully saturated rings. The zero-order valence-corrected chi connectivity index (χ0v) is 9.36. The Morgan fingerprint density at radius 1 is 1.75 bits per heavy atom. The fourth-order valence-corrected chi connectivity index (χ4v) is 1.61. The highest BCUT2D eigenvalue weighted by Crippen LogP contribution is 2.24. The molecule has 1 aliphatic carbocycles. The number of rotatable bonds is 5. The van der Waals surface area contributed by atoms with Gasteiger partial charge in [-0.3, -0.25) is 9.89 Å². The minimum Gasteiger partial charge on any atom is -0.396 e. The summed E-state index contributed by atoms with van der Waals surface area (Å²) in [4.78, 5) is 13.9. The highest BCUT2D eigenvalue weighted by Gasteiger charge is 2.25. The normalized spacial score (nSPS) is 15.4. The van der Waals surface area contributed by atoms with Gasteiger partial charge in [0.05, 0.1) is 11.9 Å². The number of hydrogen-bond donors (Lipinski definition) is 3. The Morgan fingerprint density at radius 3 is 3.06 bits per heavy atom. The van der Waals surface area contributed by atoms with Crippen LogP contribution >= 0.6 is 0 Å². The first-order chi connectivity index (χ1) is 7.68. The highest BCUT2D eigenvalue weighted by atomic mass is 16.1. The van der Waals surface area contributed by atoms with Gasteiger partial charge in [-0.15, -0.1) is 0 Å². The van der Waals surface area contributed by atoms with Gasteiger partial charge >= 0.3 is 0 Å². The molecule has 16 heavy (non-hydrogen) atoms. The molecule has 0 spiro atoms. The van der Waals surface area contributed by atoms with E-state index in [4.69, 9.17) is 5.73 Å². The van der Waals surface area contributed by atoms with E-state index in [1.54, 1.807) is 0 Å². The van der Waals surface area contributed by atoms with Crippen LogP contribution in [0.25, 0.3) is 0 Å². The lowest BCUT2D eigenvalue weighted by atomic mass is 10.3. The fourth-order valence-electron chi connectivity index (χ4n) is 1.61. The molecule has 1 aromatic heterocycles. The Labute approximate surface area is 94.2 Å². The molecular weight excluding hydrogens is 206 g/mol. The number of nitrogens with one attached hydrogen (secondary N) is 2. The van der Waals surface area contributed by atoms with Crippen LogP contribution < -0.4 is 11.1 Å². The van der Waals surface area contributed by atoms with Crippen molar-refractivity contribution in [2.45, 2.75) is 18.9 Å². The lowest BCUT2D eigenvalue weighted by molar-refractivity contribution is 0.0945. The molecule has 6 nitrogen and oxygen atoms in total. The largest absolute Gasteiger partial charge is 0.396 e. The number of likely N-dealkylation sites (N-methyl/N-ethyl adjacent to an activating group) is 1. The second-order valence-electron chi connectivity index (χ2n) is 4.17. The first kappa shape index (κ1) is 10.9. The number of carbonyl (C=O) groups is 1. The van der Waals surface area contributed by atoms with Crippen molar-refractivity contribution in [3.8, 4) is 0 Å². The van der Waals surface area contributed by atoms with E-state index in [-0.39, 0.29) is 5.91 Å². The number of nitrogens with zero attached hydrogens (tertiary/aromatic N) is 2. The number of anilines is 1. The quantitative estimate of drug-likeness (QED) is 0.646. The van der Waals surface area contributed by atoms with E-state index in [1.165, 1.54) is 19.0 Å². The third-order valence-corrected chi connectivity index (χ3v) is 2.82. The number of amides is 1. The van der Waals surface area contributed by atoms with Crippen molar-refractivity contribution < 1.29 is 4.79 Å². The predicted molar refractivity (Wildman–Crippen MR) is 61.0 cm³/mol. The number of hydrogen-bond acceptors (Lipinski definition) is 4. The zero-order valence-electron chi connectivity index (χ0n) is 9.36. The minimum atomic E-state index is -0.195. The fraction of sp³-hybridized carbons (Fsp3) is 0.600. The third-order valence-electron chi connectivity index (χ3n) is 2.82. The van der Waals surface area contributed by atoms with Gasteiger partial charge in [-0.05, 0) is 19.9 Å². The smallest absolute Gasteiger partial charge is 0.271 e. The van der Waals surface area contributed by atoms with Crippen LogP contribution in [0.2, 0.25) is 0 Å². The zero-order chi connectivity index (χ0) is 11.5. The summed E-state index contributed by atoms with van der Waals surface area (Å²) in [6.07, 6.45) is 3.99. The Morgan fingerprint density at radius 2 is 2.50 bits per heavy atom. The first-order valence-corrected chi connectivity index (χ1v) is 5.45. The van der Waals surface area contributed by atoms with Crippen LogP contribution in [-0.4, -0.2) is 47.2 Å². The average molecular weight is 223 g/mol. The van der Waals surface area contributed by atoms with E-state index >= 15 is 0 Å². The molecule has 1 amide bonds. The summed E-state index contributed by atoms with van der Waals surface area (Å²) in [5.41, 5.74) is 6.29. The van der Waals surface area contributed by atoms with E-state index in [2.05, 4.69) is 27.5 Å². The van der Waals surface area contributed by atoms with Crippen LogP contribution in [0.15, 0.2) is 6.20 Å². The Balaban J connectivity index is 1.73. The second kappa shape index (κ2) is 4.52. The summed E-state index contributed by atoms with van der Waals surface area (Å²) in [6, 6.07) is 0.717. The molecule has 0 atom stereocenters. The molecule has 6 heteroatoms. The van der Waals surface area contributed by atoms with Gasteiger partial charge in [-0.2, -0.15) is 5.10 Å². The molecule has 4 N–H and O–H groups in total. The topological polar surface area (TPSA) is 87.0 Å². The van der Waals surface area contributed by atoms with E-state index in [9.17, 15) is 4.79 Å². The van der Waals surface area contributed by atoms with Crippen molar-refractivity contribution in [3.63, 3.8) is 0 Å². The standard InChI is InChI=1S/C10H17N5O/c1-15(7-2-3-7)5-4-12-10(16)9-8(11)6-13-14-9/h6-7H,2-5,11H2,1H3,(H,12,16)(H,13,14). The summed E-state index contributed by atoms with van der Waals surface area (Å²) in [5.74, 6) is -0.195. The molecule has 1 aromatic rings. The number of aromatic nitrogens is 2. The minimum absolute atomic E-state index is 0.195. The van der Waals surface area contributed by atoms with E-state index < -0.39 is 0 Å². The molecule has 0 bridgehead atoms. The molecule has 2 rings (SSSR count). The average Bonchev–Trinajstić information content (AvgIpc) is 3.01. The number of nitrogens with two attached hydrogens (primary N) is 1. The van der Waals surface area contributed by atoms with E-state index in [0.717, 1.165) is 6.54 Å². The van der Waals surface area contributed by atoms with Gasteiger partial charge in [-0.1, -0.05) is 0 Å². The Bertz CT molecular complexity index is 371. The van der Waals surface area contributed by atoms with Gasteiger partial charge < -0.3 is 16.0 Å². The molecule has 0 unspecified atom stereocenters. The van der Waals surface area contributed by atoms with Gasteiger partial charge in [-0.25, -0.2) is 0 Å². The van der Waals surface area contributed by atoms with Crippen LogP contribution in [-0.2, 0) is 0 Å². The molecule has 0 radical (unpaired) electrons. The molecule has 1 saturated carbocycles. The number of carbonyl (C=O) groups excluding carboxylic acids is 1. The van der Waals surface area contributed by atoms with Crippen molar-refractivity contribution in [2.75, 3.05) is 25.9 Å². The SMILES string of the molecule is CN(CCNC(=O)c1[nH]ncc1N)C1CC1. The maximum Gasteiger partial charge on any atom is 0.271 e. The highest BCUT2D eigenvalue weighted by molar-refractivity contribution is 5.96. The van der Waals surface area contributed by atoms with Crippen molar-refractivity contribution >= 4 is 11.6 Å². The number of aromatic amines is 1. The summed E-state index contributed by atoms with van der Waals surface area (Å²) >= 11 is 0. The predicted octanol–water partition coefficient (Wildman–Crippen LogP) is -0.184. The van der Waals surface area contributed by atoms with Crippen LogP contribution in [0.1, 0.15) is 23.3 Å². The molecular formula is C10H17N5O. The molecule has 88 valence electrons. The molecule has 1 heterocycles. The van der Waals surface area contributed by atoms with Gasteiger partial charge in [0.2, 0.25) is 0 Å². The van der Waals surface area contributed by atoms with Crippen molar-refractivity contribution in [3.05, 3.63) is 11.9 Å². The van der Waals surface area contributed by atoms with E-state index in [1.807, 2.05) is 0 Å². The van der Waals surface area contributed by atoms with Crippen LogP contribution in [0.3, 0.4) is 0 Å². The van der Waals surface area contributed by atoms with Gasteiger partial charge in [0.15, 0.2) is 0 Å². The lowest BCUT2D eigenvalue weighted by Gasteiger charge is -2.15. The third kappa shape index (κ3) is 2.52. The summed E-state index contributed by atoms with van der Waals surface area (Å²) < 4.78 is 0. The maximum atomic E-state index is 11.6. The van der Waals surface area contributed by atoms with Crippen molar-refractivity contribution in [2.24, 2.45) is 0 Å². The molecule has 0 aromatic carbocycles.